The molecule has 0 radical (unpaired) electrons. The third kappa shape index (κ3) is 6.06. The monoisotopic (exact) mass is 312 g/mol. The molecule has 0 aromatic carbocycles. The molecule has 1 aliphatic rings. The standard InChI is InChI=1S/C12H23F3N4O2/c1-11(2,20)8-19-5-3-18(4-6-19)7-9(10(16)17-21)12(13,14)15/h9,20-21H,3-8H2,1-2H3,(H2,16,17). The van der Waals surface area contributed by atoms with E-state index in [1.807, 2.05) is 4.90 Å². The molecule has 0 saturated carbocycles. The van der Waals surface area contributed by atoms with E-state index in [1.54, 1.807) is 18.7 Å². The van der Waals surface area contributed by atoms with Crippen molar-refractivity contribution in [2.24, 2.45) is 16.8 Å². The van der Waals surface area contributed by atoms with E-state index in [2.05, 4.69) is 5.16 Å². The Bertz CT molecular complexity index is 360. The summed E-state index contributed by atoms with van der Waals surface area (Å²) in [5.74, 6) is -2.79. The number of nitrogens with zero attached hydrogens (tertiary/aromatic N) is 3. The van der Waals surface area contributed by atoms with E-state index >= 15 is 0 Å². The van der Waals surface area contributed by atoms with Crippen molar-refractivity contribution in [1.82, 2.24) is 9.80 Å². The number of oxime groups is 1. The zero-order chi connectivity index (χ0) is 16.3. The second-order valence-electron chi connectivity index (χ2n) is 6.01. The number of rotatable bonds is 5. The molecule has 124 valence electrons. The smallest absolute Gasteiger partial charge is 0.400 e. The minimum Gasteiger partial charge on any atom is -0.409 e. The van der Waals surface area contributed by atoms with E-state index in [-0.39, 0.29) is 6.54 Å². The molecule has 0 bridgehead atoms. The van der Waals surface area contributed by atoms with E-state index in [9.17, 15) is 18.3 Å². The molecule has 1 aliphatic heterocycles. The third-order valence-corrected chi connectivity index (χ3v) is 3.38. The van der Waals surface area contributed by atoms with Gasteiger partial charge in [-0.25, -0.2) is 0 Å². The number of aliphatic hydroxyl groups is 1. The van der Waals surface area contributed by atoms with E-state index in [0.29, 0.717) is 32.7 Å². The maximum atomic E-state index is 12.9. The Morgan fingerprint density at radius 1 is 1.19 bits per heavy atom. The van der Waals surface area contributed by atoms with Crippen LogP contribution in [0.4, 0.5) is 13.2 Å². The van der Waals surface area contributed by atoms with E-state index in [1.165, 1.54) is 0 Å². The Morgan fingerprint density at radius 2 is 1.67 bits per heavy atom. The van der Waals surface area contributed by atoms with Gasteiger partial charge in [-0.05, 0) is 13.8 Å². The number of hydrogen-bond acceptors (Lipinski definition) is 5. The van der Waals surface area contributed by atoms with Gasteiger partial charge in [0.1, 0.15) is 5.92 Å². The average molecular weight is 312 g/mol. The van der Waals surface area contributed by atoms with Crippen LogP contribution < -0.4 is 5.73 Å². The van der Waals surface area contributed by atoms with Crippen molar-refractivity contribution < 1.29 is 23.5 Å². The first-order chi connectivity index (χ1) is 9.53. The Kier molecular flexibility index (Phi) is 5.83. The summed E-state index contributed by atoms with van der Waals surface area (Å²) in [7, 11) is 0. The van der Waals surface area contributed by atoms with Crippen LogP contribution in [0.3, 0.4) is 0 Å². The first-order valence-electron chi connectivity index (χ1n) is 6.74. The number of halogens is 3. The highest BCUT2D eigenvalue weighted by atomic mass is 19.4. The molecule has 9 heteroatoms. The summed E-state index contributed by atoms with van der Waals surface area (Å²) in [6.07, 6.45) is -4.54. The number of amidine groups is 1. The molecular weight excluding hydrogens is 289 g/mol. The van der Waals surface area contributed by atoms with Gasteiger partial charge < -0.3 is 16.0 Å². The van der Waals surface area contributed by atoms with Gasteiger partial charge in [-0.1, -0.05) is 5.16 Å². The molecule has 6 nitrogen and oxygen atoms in total. The van der Waals surface area contributed by atoms with Crippen molar-refractivity contribution in [3.63, 3.8) is 0 Å². The summed E-state index contributed by atoms with van der Waals surface area (Å²) in [6, 6.07) is 0. The summed E-state index contributed by atoms with van der Waals surface area (Å²) in [5.41, 5.74) is 4.31. The molecule has 1 rings (SSSR count). The van der Waals surface area contributed by atoms with Crippen LogP contribution >= 0.6 is 0 Å². The topological polar surface area (TPSA) is 85.3 Å². The van der Waals surface area contributed by atoms with Crippen molar-refractivity contribution in [2.75, 3.05) is 39.3 Å². The van der Waals surface area contributed by atoms with Gasteiger partial charge in [-0.2, -0.15) is 13.2 Å². The summed E-state index contributed by atoms with van der Waals surface area (Å²) in [6.45, 7) is 5.58. The molecule has 0 spiro atoms. The molecule has 0 aromatic heterocycles. The zero-order valence-electron chi connectivity index (χ0n) is 12.3. The molecule has 1 fully saturated rings. The first kappa shape index (κ1) is 18.0. The lowest BCUT2D eigenvalue weighted by Gasteiger charge is -2.38. The summed E-state index contributed by atoms with van der Waals surface area (Å²) in [5, 5.41) is 20.7. The third-order valence-electron chi connectivity index (χ3n) is 3.38. The fraction of sp³-hybridized carbons (Fsp3) is 0.917. The van der Waals surface area contributed by atoms with Gasteiger partial charge in [-0.3, -0.25) is 9.80 Å². The Morgan fingerprint density at radius 3 is 2.05 bits per heavy atom. The molecular formula is C12H23F3N4O2. The van der Waals surface area contributed by atoms with Crippen LogP contribution in [0, 0.1) is 5.92 Å². The maximum Gasteiger partial charge on any atom is 0.400 e. The number of hydrogen-bond donors (Lipinski definition) is 3. The number of β-amino-alcohol motifs (C(OH)–C–C–N with tert-alkyl or cyclic N) is 1. The van der Waals surface area contributed by atoms with Gasteiger partial charge in [0.25, 0.3) is 0 Å². The van der Waals surface area contributed by atoms with Gasteiger partial charge in [0, 0.05) is 39.3 Å². The number of alkyl halides is 3. The second kappa shape index (κ2) is 6.80. The largest absolute Gasteiger partial charge is 0.409 e. The highest BCUT2D eigenvalue weighted by Gasteiger charge is 2.44. The fourth-order valence-electron chi connectivity index (χ4n) is 2.37. The molecule has 1 heterocycles. The maximum absolute atomic E-state index is 12.9. The highest BCUT2D eigenvalue weighted by Crippen LogP contribution is 2.27. The van der Waals surface area contributed by atoms with Crippen LogP contribution in [0.15, 0.2) is 5.16 Å². The predicted molar refractivity (Wildman–Crippen MR) is 72.1 cm³/mol. The van der Waals surface area contributed by atoms with Gasteiger partial charge >= 0.3 is 6.18 Å². The van der Waals surface area contributed by atoms with Crippen molar-refractivity contribution in [3.05, 3.63) is 0 Å². The minimum absolute atomic E-state index is 0.324. The molecule has 0 aliphatic carbocycles. The SMILES string of the molecule is CC(C)(O)CN1CCN(CC(C(N)=NO)C(F)(F)F)CC1. The molecule has 1 unspecified atom stereocenters. The Hall–Kier alpha value is -1.06. The molecule has 0 amide bonds. The Balaban J connectivity index is 2.54. The minimum atomic E-state index is -4.54. The van der Waals surface area contributed by atoms with Crippen LogP contribution in [0.2, 0.25) is 0 Å². The van der Waals surface area contributed by atoms with Gasteiger partial charge in [0.15, 0.2) is 5.84 Å². The lowest BCUT2D eigenvalue weighted by atomic mass is 10.1. The predicted octanol–water partition coefficient (Wildman–Crippen LogP) is 0.300. The van der Waals surface area contributed by atoms with Crippen LogP contribution in [0.25, 0.3) is 0 Å². The van der Waals surface area contributed by atoms with Crippen LogP contribution in [-0.4, -0.2) is 77.0 Å². The molecule has 21 heavy (non-hydrogen) atoms. The van der Waals surface area contributed by atoms with E-state index in [4.69, 9.17) is 10.9 Å². The number of nitrogens with two attached hydrogens (primary N) is 1. The van der Waals surface area contributed by atoms with Crippen LogP contribution in [0.1, 0.15) is 13.8 Å². The number of piperazine rings is 1. The summed E-state index contributed by atoms with van der Waals surface area (Å²) >= 11 is 0. The van der Waals surface area contributed by atoms with Crippen molar-refractivity contribution >= 4 is 5.84 Å². The normalized spacial score (nSPS) is 21.5. The molecule has 1 atom stereocenters. The fourth-order valence-corrected chi connectivity index (χ4v) is 2.37. The quantitative estimate of drug-likeness (QED) is 0.294. The van der Waals surface area contributed by atoms with Crippen LogP contribution in [-0.2, 0) is 0 Å². The van der Waals surface area contributed by atoms with Crippen LogP contribution in [0.5, 0.6) is 0 Å². The van der Waals surface area contributed by atoms with Crippen molar-refractivity contribution in [3.8, 4) is 0 Å². The van der Waals surface area contributed by atoms with Gasteiger partial charge in [0.05, 0.1) is 5.60 Å². The van der Waals surface area contributed by atoms with E-state index in [0.717, 1.165) is 0 Å². The second-order valence-corrected chi connectivity index (χ2v) is 6.01. The van der Waals surface area contributed by atoms with Gasteiger partial charge in [0.2, 0.25) is 0 Å². The molecule has 4 N–H and O–H groups in total. The van der Waals surface area contributed by atoms with Crippen molar-refractivity contribution in [1.29, 1.82) is 0 Å². The lowest BCUT2D eigenvalue weighted by molar-refractivity contribution is -0.161. The van der Waals surface area contributed by atoms with E-state index < -0.39 is 23.5 Å². The highest BCUT2D eigenvalue weighted by molar-refractivity contribution is 5.83. The summed E-state index contributed by atoms with van der Waals surface area (Å²) in [4.78, 5) is 3.64. The Labute approximate surface area is 122 Å². The van der Waals surface area contributed by atoms with Gasteiger partial charge in [-0.15, -0.1) is 0 Å². The average Bonchev–Trinajstić information content (AvgIpc) is 2.33. The molecule has 0 aromatic rings. The first-order valence-corrected chi connectivity index (χ1v) is 6.74. The molecule has 1 saturated heterocycles. The lowest BCUT2D eigenvalue weighted by Crippen LogP contribution is -2.53. The summed E-state index contributed by atoms with van der Waals surface area (Å²) < 4.78 is 38.6. The van der Waals surface area contributed by atoms with Crippen molar-refractivity contribution in [2.45, 2.75) is 25.6 Å². The zero-order valence-corrected chi connectivity index (χ0v) is 12.3.